The van der Waals surface area contributed by atoms with Gasteiger partial charge in [0, 0.05) is 0 Å². The van der Waals surface area contributed by atoms with E-state index in [1.165, 1.54) is 37.9 Å². The third-order valence-corrected chi connectivity index (χ3v) is 2.75. The Morgan fingerprint density at radius 2 is 2.23 bits per heavy atom. The lowest BCUT2D eigenvalue weighted by molar-refractivity contribution is 0.372. The van der Waals surface area contributed by atoms with E-state index in [1.54, 1.807) is 0 Å². The molecule has 13 heavy (non-hydrogen) atoms. The summed E-state index contributed by atoms with van der Waals surface area (Å²) in [4.78, 5) is 0. The van der Waals surface area contributed by atoms with Crippen molar-refractivity contribution in [2.45, 2.75) is 19.3 Å². The minimum absolute atomic E-state index is 0.886. The predicted octanol–water partition coefficient (Wildman–Crippen LogP) is 2.03. The first kappa shape index (κ1) is 8.76. The van der Waals surface area contributed by atoms with E-state index in [0.29, 0.717) is 0 Å². The molecule has 69 valence electrons. The van der Waals surface area contributed by atoms with Crippen molar-refractivity contribution >= 4 is 0 Å². The van der Waals surface area contributed by atoms with Gasteiger partial charge in [0.05, 0.1) is 0 Å². The second-order valence-corrected chi connectivity index (χ2v) is 3.81. The molecule has 0 bridgehead atoms. The molecule has 1 aliphatic rings. The van der Waals surface area contributed by atoms with Crippen molar-refractivity contribution in [2.24, 2.45) is 5.92 Å². The molecule has 0 aromatic heterocycles. The summed E-state index contributed by atoms with van der Waals surface area (Å²) < 4.78 is 0. The zero-order valence-electron chi connectivity index (χ0n) is 7.92. The predicted molar refractivity (Wildman–Crippen MR) is 54.6 cm³/mol. The van der Waals surface area contributed by atoms with E-state index in [2.05, 4.69) is 29.6 Å². The number of benzene rings is 1. The highest BCUT2D eigenvalue weighted by molar-refractivity contribution is 5.14. The molecule has 1 heterocycles. The normalized spacial score (nSPS) is 18.8. The lowest BCUT2D eigenvalue weighted by Gasteiger charge is -2.22. The molecule has 2 rings (SSSR count). The molecule has 1 radical (unpaired) electrons. The zero-order chi connectivity index (χ0) is 8.93. The Balaban J connectivity index is 1.90. The van der Waals surface area contributed by atoms with Gasteiger partial charge in [-0.15, -0.1) is 0 Å². The number of piperidine rings is 1. The van der Waals surface area contributed by atoms with Crippen LogP contribution in [0, 0.1) is 12.0 Å². The summed E-state index contributed by atoms with van der Waals surface area (Å²) in [7, 11) is 0. The van der Waals surface area contributed by atoms with Crippen LogP contribution in [0.5, 0.6) is 0 Å². The maximum Gasteiger partial charge on any atom is -0.00462 e. The largest absolute Gasteiger partial charge is 0.317 e. The first-order chi connectivity index (χ1) is 6.45. The maximum absolute atomic E-state index is 3.39. The highest BCUT2D eigenvalue weighted by atomic mass is 14.9. The molecule has 1 heteroatoms. The third-order valence-electron chi connectivity index (χ3n) is 2.75. The van der Waals surface area contributed by atoms with Gasteiger partial charge in [-0.05, 0) is 49.9 Å². The van der Waals surface area contributed by atoms with E-state index in [1.807, 2.05) is 6.07 Å². The van der Waals surface area contributed by atoms with E-state index >= 15 is 0 Å². The van der Waals surface area contributed by atoms with Crippen LogP contribution < -0.4 is 5.32 Å². The van der Waals surface area contributed by atoms with Crippen LogP contribution in [0.25, 0.3) is 0 Å². The average Bonchev–Trinajstić information content (AvgIpc) is 2.21. The maximum atomic E-state index is 3.39. The topological polar surface area (TPSA) is 12.0 Å². The van der Waals surface area contributed by atoms with Crippen LogP contribution in [0.1, 0.15) is 18.4 Å². The van der Waals surface area contributed by atoms with Gasteiger partial charge in [-0.1, -0.05) is 24.3 Å². The molecule has 0 aliphatic carbocycles. The SMILES string of the molecule is [c]1cccc(CC2CCNCC2)c1. The molecule has 1 nitrogen and oxygen atoms in total. The van der Waals surface area contributed by atoms with Crippen LogP contribution in [0.15, 0.2) is 24.3 Å². The van der Waals surface area contributed by atoms with E-state index in [0.717, 1.165) is 5.92 Å². The van der Waals surface area contributed by atoms with Gasteiger partial charge in [-0.2, -0.15) is 0 Å². The van der Waals surface area contributed by atoms with Crippen molar-refractivity contribution in [3.8, 4) is 0 Å². The van der Waals surface area contributed by atoms with Gasteiger partial charge in [0.2, 0.25) is 0 Å². The molecule has 0 amide bonds. The van der Waals surface area contributed by atoms with Gasteiger partial charge < -0.3 is 5.32 Å². The average molecular weight is 174 g/mol. The molecule has 0 saturated carbocycles. The van der Waals surface area contributed by atoms with E-state index < -0.39 is 0 Å². The Morgan fingerprint density at radius 3 is 2.92 bits per heavy atom. The van der Waals surface area contributed by atoms with Crippen LogP contribution in [-0.2, 0) is 6.42 Å². The highest BCUT2D eigenvalue weighted by Crippen LogP contribution is 2.17. The van der Waals surface area contributed by atoms with Crippen LogP contribution in [0.3, 0.4) is 0 Å². The summed E-state index contributed by atoms with van der Waals surface area (Å²) in [5, 5.41) is 3.39. The number of hydrogen-bond donors (Lipinski definition) is 1. The second kappa shape index (κ2) is 4.43. The van der Waals surface area contributed by atoms with E-state index in [9.17, 15) is 0 Å². The Morgan fingerprint density at radius 1 is 1.38 bits per heavy atom. The summed E-state index contributed by atoms with van der Waals surface area (Å²) >= 11 is 0. The smallest absolute Gasteiger partial charge is 0.00462 e. The minimum Gasteiger partial charge on any atom is -0.317 e. The highest BCUT2D eigenvalue weighted by Gasteiger charge is 2.12. The van der Waals surface area contributed by atoms with Crippen molar-refractivity contribution in [1.82, 2.24) is 5.32 Å². The summed E-state index contributed by atoms with van der Waals surface area (Å²) in [5.74, 6) is 0.886. The first-order valence-corrected chi connectivity index (χ1v) is 5.11. The van der Waals surface area contributed by atoms with Crippen LogP contribution in [0.2, 0.25) is 0 Å². The van der Waals surface area contributed by atoms with Gasteiger partial charge in [0.25, 0.3) is 0 Å². The number of rotatable bonds is 2. The lowest BCUT2D eigenvalue weighted by atomic mass is 9.91. The molecule has 1 saturated heterocycles. The molecular weight excluding hydrogens is 158 g/mol. The van der Waals surface area contributed by atoms with Gasteiger partial charge in [0.15, 0.2) is 0 Å². The van der Waals surface area contributed by atoms with E-state index in [4.69, 9.17) is 0 Å². The second-order valence-electron chi connectivity index (χ2n) is 3.81. The summed E-state index contributed by atoms with van der Waals surface area (Å²) in [6.45, 7) is 2.39. The molecule has 1 aromatic rings. The molecule has 0 unspecified atom stereocenters. The zero-order valence-corrected chi connectivity index (χ0v) is 7.92. The Labute approximate surface area is 80.2 Å². The minimum atomic E-state index is 0.886. The monoisotopic (exact) mass is 174 g/mol. The van der Waals surface area contributed by atoms with Crippen molar-refractivity contribution in [2.75, 3.05) is 13.1 Å². The van der Waals surface area contributed by atoms with Gasteiger partial charge in [-0.3, -0.25) is 0 Å². The van der Waals surface area contributed by atoms with Crippen LogP contribution in [0.4, 0.5) is 0 Å². The molecule has 1 aromatic carbocycles. The summed E-state index contributed by atoms with van der Waals surface area (Å²) in [5.41, 5.74) is 1.44. The van der Waals surface area contributed by atoms with Gasteiger partial charge >= 0.3 is 0 Å². The van der Waals surface area contributed by atoms with Crippen molar-refractivity contribution < 1.29 is 0 Å². The molecule has 1 aliphatic heterocycles. The van der Waals surface area contributed by atoms with Crippen molar-refractivity contribution in [1.29, 1.82) is 0 Å². The molecule has 1 fully saturated rings. The fourth-order valence-electron chi connectivity index (χ4n) is 1.98. The van der Waals surface area contributed by atoms with Crippen LogP contribution in [-0.4, -0.2) is 13.1 Å². The summed E-state index contributed by atoms with van der Waals surface area (Å²) in [6, 6.07) is 11.5. The quantitative estimate of drug-likeness (QED) is 0.723. The van der Waals surface area contributed by atoms with Crippen LogP contribution >= 0.6 is 0 Å². The van der Waals surface area contributed by atoms with E-state index in [-0.39, 0.29) is 0 Å². The Bertz CT molecular complexity index is 237. The fourth-order valence-corrected chi connectivity index (χ4v) is 1.98. The lowest BCUT2D eigenvalue weighted by Crippen LogP contribution is -2.28. The Kier molecular flexibility index (Phi) is 2.98. The molecule has 0 spiro atoms. The Hall–Kier alpha value is -0.820. The van der Waals surface area contributed by atoms with Gasteiger partial charge in [0.1, 0.15) is 0 Å². The fraction of sp³-hybridized carbons (Fsp3) is 0.500. The summed E-state index contributed by atoms with van der Waals surface area (Å²) in [6.07, 6.45) is 3.89. The third kappa shape index (κ3) is 2.56. The number of nitrogens with one attached hydrogen (secondary N) is 1. The van der Waals surface area contributed by atoms with Crippen molar-refractivity contribution in [3.63, 3.8) is 0 Å². The van der Waals surface area contributed by atoms with Gasteiger partial charge in [-0.25, -0.2) is 0 Å². The molecule has 1 N–H and O–H groups in total. The molecule has 0 atom stereocenters. The van der Waals surface area contributed by atoms with Crippen molar-refractivity contribution in [3.05, 3.63) is 35.9 Å². The molecular formula is C12H16N. The standard InChI is InChI=1S/C12H16N/c1-2-4-11(5-3-1)10-12-6-8-13-9-7-12/h1-2,4-5,12-13H,6-10H2. The first-order valence-electron chi connectivity index (χ1n) is 5.11. The number of hydrogen-bond acceptors (Lipinski definition) is 1.